The molecule has 0 saturated heterocycles. The lowest BCUT2D eigenvalue weighted by atomic mass is 9.53. The monoisotopic (exact) mass is 325 g/mol. The van der Waals surface area contributed by atoms with Gasteiger partial charge in [0.15, 0.2) is 0 Å². The molecule has 1 aromatic heterocycles. The molecule has 1 heterocycles. The predicted octanol–water partition coefficient (Wildman–Crippen LogP) is 3.01. The molecule has 0 unspecified atom stereocenters. The van der Waals surface area contributed by atoms with Gasteiger partial charge in [-0.05, 0) is 37.2 Å². The number of rotatable bonds is 4. The van der Waals surface area contributed by atoms with Crippen molar-refractivity contribution in [1.29, 1.82) is 0 Å². The highest BCUT2D eigenvalue weighted by molar-refractivity contribution is 5.79. The van der Waals surface area contributed by atoms with Gasteiger partial charge >= 0.3 is 0 Å². The van der Waals surface area contributed by atoms with Crippen LogP contribution in [-0.4, -0.2) is 22.3 Å². The number of fused-ring (bicyclic) bond motifs is 1. The third-order valence-electron chi connectivity index (χ3n) is 5.77. The van der Waals surface area contributed by atoms with E-state index in [2.05, 4.69) is 50.6 Å². The highest BCUT2D eigenvalue weighted by Crippen LogP contribution is 2.54. The number of aryl methyl sites for hydroxylation is 1. The number of nitrogens with zero attached hydrogens (tertiary/aromatic N) is 2. The summed E-state index contributed by atoms with van der Waals surface area (Å²) in [6.45, 7) is 1.81. The highest BCUT2D eigenvalue weighted by atomic mass is 16.6. The number of hydrogen-bond donors (Lipinski definition) is 1. The molecule has 2 aliphatic carbocycles. The molecule has 24 heavy (non-hydrogen) atoms. The third-order valence-corrected chi connectivity index (χ3v) is 5.77. The molecule has 0 radical (unpaired) electrons. The Morgan fingerprint density at radius 1 is 1.17 bits per heavy atom. The van der Waals surface area contributed by atoms with Crippen molar-refractivity contribution in [2.45, 2.75) is 51.0 Å². The second kappa shape index (κ2) is 6.38. The summed E-state index contributed by atoms with van der Waals surface area (Å²) in [5.74, 6) is 1.78. The standard InChI is InChI=1S/C19H23N3O2/c1-12-16(22-24-21-12)11-17(23)20-19-15-10-6-5-9-14(15)18(19)13-7-3-2-4-8-13/h2-4,7-8,14-15,18-19H,5-6,9-11H2,1H3,(H,20,23)/t14-,15+,18-,19-/m0/s1. The first-order valence-corrected chi connectivity index (χ1v) is 8.86. The summed E-state index contributed by atoms with van der Waals surface area (Å²) in [6, 6.07) is 10.9. The molecule has 1 N–H and O–H groups in total. The maximum atomic E-state index is 12.5. The van der Waals surface area contributed by atoms with Crippen molar-refractivity contribution in [3.05, 3.63) is 47.3 Å². The van der Waals surface area contributed by atoms with Crippen molar-refractivity contribution in [2.75, 3.05) is 0 Å². The molecular weight excluding hydrogens is 302 g/mol. The highest BCUT2D eigenvalue weighted by Gasteiger charge is 2.51. The third kappa shape index (κ3) is 2.72. The number of aromatic nitrogens is 2. The molecule has 1 amide bonds. The Bertz CT molecular complexity index is 712. The zero-order valence-electron chi connectivity index (χ0n) is 13.9. The summed E-state index contributed by atoms with van der Waals surface area (Å²) in [7, 11) is 0. The first kappa shape index (κ1) is 15.4. The van der Waals surface area contributed by atoms with E-state index in [0.717, 1.165) is 0 Å². The van der Waals surface area contributed by atoms with Crippen molar-refractivity contribution in [2.24, 2.45) is 11.8 Å². The normalized spacial score (nSPS) is 28.7. The first-order valence-electron chi connectivity index (χ1n) is 8.86. The lowest BCUT2D eigenvalue weighted by Crippen LogP contribution is -2.59. The summed E-state index contributed by atoms with van der Waals surface area (Å²) in [6.07, 6.45) is 5.34. The summed E-state index contributed by atoms with van der Waals surface area (Å²) < 4.78 is 4.69. The first-order chi connectivity index (χ1) is 11.7. The van der Waals surface area contributed by atoms with Crippen molar-refractivity contribution in [3.63, 3.8) is 0 Å². The van der Waals surface area contributed by atoms with Crippen LogP contribution in [0.4, 0.5) is 0 Å². The summed E-state index contributed by atoms with van der Waals surface area (Å²) >= 11 is 0. The second-order valence-corrected chi connectivity index (χ2v) is 7.12. The molecule has 4 atom stereocenters. The van der Waals surface area contributed by atoms with Gasteiger partial charge < -0.3 is 5.32 Å². The minimum Gasteiger partial charge on any atom is -0.352 e. The molecule has 126 valence electrons. The quantitative estimate of drug-likeness (QED) is 0.938. The van der Waals surface area contributed by atoms with E-state index in [1.54, 1.807) is 0 Å². The average Bonchev–Trinajstić information content (AvgIpc) is 2.99. The number of nitrogens with one attached hydrogen (secondary N) is 1. The minimum atomic E-state index is 0.0174. The average molecular weight is 325 g/mol. The van der Waals surface area contributed by atoms with Crippen LogP contribution < -0.4 is 5.32 Å². The Morgan fingerprint density at radius 3 is 2.62 bits per heavy atom. The van der Waals surface area contributed by atoms with E-state index in [9.17, 15) is 4.79 Å². The molecule has 2 fully saturated rings. The molecule has 0 spiro atoms. The summed E-state index contributed by atoms with van der Waals surface area (Å²) in [4.78, 5) is 12.5. The smallest absolute Gasteiger partial charge is 0.226 e. The number of carbonyl (C=O) groups is 1. The van der Waals surface area contributed by atoms with Crippen LogP contribution in [0.25, 0.3) is 0 Å². The molecule has 0 aliphatic heterocycles. The van der Waals surface area contributed by atoms with Gasteiger partial charge in [0, 0.05) is 12.0 Å². The van der Waals surface area contributed by atoms with E-state index >= 15 is 0 Å². The van der Waals surface area contributed by atoms with Crippen molar-refractivity contribution in [3.8, 4) is 0 Å². The fourth-order valence-corrected chi connectivity index (χ4v) is 4.59. The van der Waals surface area contributed by atoms with E-state index in [-0.39, 0.29) is 18.4 Å². The van der Waals surface area contributed by atoms with Crippen LogP contribution in [-0.2, 0) is 11.2 Å². The van der Waals surface area contributed by atoms with Crippen LogP contribution in [0.3, 0.4) is 0 Å². The number of carbonyl (C=O) groups excluding carboxylic acids is 1. The fraction of sp³-hybridized carbons (Fsp3) is 0.526. The van der Waals surface area contributed by atoms with Crippen LogP contribution in [0.5, 0.6) is 0 Å². The predicted molar refractivity (Wildman–Crippen MR) is 89.3 cm³/mol. The van der Waals surface area contributed by atoms with Crippen LogP contribution in [0.1, 0.15) is 48.6 Å². The van der Waals surface area contributed by atoms with Gasteiger partial charge in [0.2, 0.25) is 5.91 Å². The largest absolute Gasteiger partial charge is 0.352 e. The molecule has 2 saturated carbocycles. The zero-order chi connectivity index (χ0) is 16.5. The lowest BCUT2D eigenvalue weighted by Gasteiger charge is -2.55. The topological polar surface area (TPSA) is 68.0 Å². The Labute approximate surface area is 141 Å². The maximum Gasteiger partial charge on any atom is 0.226 e. The van der Waals surface area contributed by atoms with Crippen molar-refractivity contribution < 1.29 is 9.42 Å². The van der Waals surface area contributed by atoms with E-state index in [1.807, 2.05) is 6.92 Å². The van der Waals surface area contributed by atoms with E-state index in [4.69, 9.17) is 0 Å². The van der Waals surface area contributed by atoms with Gasteiger partial charge in [0.05, 0.1) is 6.42 Å². The molecular formula is C19H23N3O2. The Hall–Kier alpha value is -2.17. The zero-order valence-corrected chi connectivity index (χ0v) is 13.9. The van der Waals surface area contributed by atoms with Crippen LogP contribution in [0, 0.1) is 18.8 Å². The summed E-state index contributed by atoms with van der Waals surface area (Å²) in [5, 5.41) is 10.8. The van der Waals surface area contributed by atoms with Crippen LogP contribution in [0.2, 0.25) is 0 Å². The maximum absolute atomic E-state index is 12.5. The van der Waals surface area contributed by atoms with Gasteiger partial charge in [0.25, 0.3) is 0 Å². The van der Waals surface area contributed by atoms with E-state index < -0.39 is 0 Å². The molecule has 5 nitrogen and oxygen atoms in total. The molecule has 4 rings (SSSR count). The Morgan fingerprint density at radius 2 is 1.92 bits per heavy atom. The van der Waals surface area contributed by atoms with Gasteiger partial charge in [-0.3, -0.25) is 4.79 Å². The van der Waals surface area contributed by atoms with Gasteiger partial charge in [-0.1, -0.05) is 53.5 Å². The SMILES string of the molecule is Cc1nonc1CC(=O)N[C@H]1[C@@H]2CCCC[C@@H]2[C@@H]1c1ccccc1. The molecule has 5 heteroatoms. The minimum absolute atomic E-state index is 0.0174. The van der Waals surface area contributed by atoms with Gasteiger partial charge in [0.1, 0.15) is 11.4 Å². The molecule has 2 aliphatic rings. The van der Waals surface area contributed by atoms with Gasteiger partial charge in [-0.15, -0.1) is 0 Å². The fourth-order valence-electron chi connectivity index (χ4n) is 4.59. The second-order valence-electron chi connectivity index (χ2n) is 7.12. The number of benzene rings is 1. The van der Waals surface area contributed by atoms with Gasteiger partial charge in [-0.2, -0.15) is 0 Å². The van der Waals surface area contributed by atoms with E-state index in [1.165, 1.54) is 31.2 Å². The van der Waals surface area contributed by atoms with Crippen molar-refractivity contribution in [1.82, 2.24) is 15.6 Å². The molecule has 0 bridgehead atoms. The van der Waals surface area contributed by atoms with Gasteiger partial charge in [-0.25, -0.2) is 4.63 Å². The van der Waals surface area contributed by atoms with Crippen molar-refractivity contribution >= 4 is 5.91 Å². The van der Waals surface area contributed by atoms with Crippen LogP contribution in [0.15, 0.2) is 35.0 Å². The Balaban J connectivity index is 1.49. The number of hydrogen-bond acceptors (Lipinski definition) is 4. The summed E-state index contributed by atoms with van der Waals surface area (Å²) in [5.41, 5.74) is 2.67. The lowest BCUT2D eigenvalue weighted by molar-refractivity contribution is -0.124. The van der Waals surface area contributed by atoms with E-state index in [0.29, 0.717) is 29.1 Å². The molecule has 2 aromatic rings. The number of amides is 1. The Kier molecular flexibility index (Phi) is 4.08. The molecule has 1 aromatic carbocycles. The van der Waals surface area contributed by atoms with Crippen LogP contribution >= 0.6 is 0 Å².